The molecule has 2 rings (SSSR count). The van der Waals surface area contributed by atoms with E-state index in [2.05, 4.69) is 10.7 Å². The van der Waals surface area contributed by atoms with Crippen LogP contribution in [0, 0.1) is 12.1 Å². The van der Waals surface area contributed by atoms with E-state index in [1.807, 2.05) is 0 Å². The van der Waals surface area contributed by atoms with Crippen molar-refractivity contribution in [2.24, 2.45) is 0 Å². The predicted octanol–water partition coefficient (Wildman–Crippen LogP) is 3.39. The van der Waals surface area contributed by atoms with Crippen LogP contribution in [0.25, 0.3) is 11.0 Å². The summed E-state index contributed by atoms with van der Waals surface area (Å²) < 4.78 is 54.4. The standard InChI is InChI=1S/C9H3F4O/c10-8-5-3-4-14-7(5)2-1-6(8)9(11,12)13/h1-3H. The Bertz CT molecular complexity index is 469. The van der Waals surface area contributed by atoms with Crippen LogP contribution in [0.1, 0.15) is 5.56 Å². The highest BCUT2D eigenvalue weighted by Gasteiger charge is 2.34. The molecule has 1 aromatic carbocycles. The van der Waals surface area contributed by atoms with Crippen molar-refractivity contribution < 1.29 is 22.0 Å². The monoisotopic (exact) mass is 203 g/mol. The van der Waals surface area contributed by atoms with E-state index in [4.69, 9.17) is 0 Å². The van der Waals surface area contributed by atoms with Crippen molar-refractivity contribution in [1.29, 1.82) is 0 Å². The first-order chi connectivity index (χ1) is 6.50. The quantitative estimate of drug-likeness (QED) is 0.598. The second kappa shape index (κ2) is 2.73. The fourth-order valence-corrected chi connectivity index (χ4v) is 1.17. The van der Waals surface area contributed by atoms with Gasteiger partial charge in [0.2, 0.25) is 0 Å². The highest BCUT2D eigenvalue weighted by atomic mass is 19.4. The molecule has 0 aliphatic rings. The first-order valence-electron chi connectivity index (χ1n) is 3.65. The Hall–Kier alpha value is -1.52. The molecule has 1 radical (unpaired) electrons. The molecule has 0 atom stereocenters. The van der Waals surface area contributed by atoms with Crippen LogP contribution in [0.3, 0.4) is 0 Å². The molecule has 0 amide bonds. The van der Waals surface area contributed by atoms with E-state index in [9.17, 15) is 17.6 Å². The average Bonchev–Trinajstić information content (AvgIpc) is 2.50. The van der Waals surface area contributed by atoms with Crippen LogP contribution in [0.5, 0.6) is 0 Å². The van der Waals surface area contributed by atoms with Gasteiger partial charge in [0.1, 0.15) is 11.4 Å². The molecule has 0 spiro atoms. The second-order valence-corrected chi connectivity index (χ2v) is 2.70. The maximum absolute atomic E-state index is 13.2. The Balaban J connectivity index is 2.74. The molecule has 0 bridgehead atoms. The highest BCUT2D eigenvalue weighted by Crippen LogP contribution is 2.34. The molecule has 0 aliphatic carbocycles. The third-order valence-corrected chi connectivity index (χ3v) is 1.82. The minimum Gasteiger partial charge on any atom is -0.453 e. The fraction of sp³-hybridized carbons (Fsp3) is 0.111. The molecular weight excluding hydrogens is 200 g/mol. The number of furan rings is 1. The highest BCUT2D eigenvalue weighted by molar-refractivity contribution is 5.78. The van der Waals surface area contributed by atoms with Gasteiger partial charge in [-0.05, 0) is 18.2 Å². The molecule has 14 heavy (non-hydrogen) atoms. The van der Waals surface area contributed by atoms with Gasteiger partial charge in [-0.1, -0.05) is 0 Å². The maximum Gasteiger partial charge on any atom is 0.419 e. The van der Waals surface area contributed by atoms with Gasteiger partial charge < -0.3 is 4.42 Å². The van der Waals surface area contributed by atoms with Crippen LogP contribution in [-0.4, -0.2) is 0 Å². The fourth-order valence-electron chi connectivity index (χ4n) is 1.17. The summed E-state index contributed by atoms with van der Waals surface area (Å²) in [5, 5.41) is -0.208. The maximum atomic E-state index is 13.2. The molecule has 0 unspecified atom stereocenters. The topological polar surface area (TPSA) is 13.1 Å². The van der Waals surface area contributed by atoms with Crippen LogP contribution < -0.4 is 0 Å². The lowest BCUT2D eigenvalue weighted by molar-refractivity contribution is -0.139. The van der Waals surface area contributed by atoms with Crippen LogP contribution in [-0.2, 0) is 6.18 Å². The molecule has 1 nitrogen and oxygen atoms in total. The Morgan fingerprint density at radius 3 is 2.57 bits per heavy atom. The van der Waals surface area contributed by atoms with Crippen molar-refractivity contribution >= 4 is 11.0 Å². The summed E-state index contributed by atoms with van der Waals surface area (Å²) >= 11 is 0. The van der Waals surface area contributed by atoms with Gasteiger partial charge in [-0.25, -0.2) is 4.39 Å². The molecule has 73 valence electrons. The van der Waals surface area contributed by atoms with Gasteiger partial charge >= 0.3 is 6.18 Å². The molecular formula is C9H3F4O. The third kappa shape index (κ3) is 1.25. The van der Waals surface area contributed by atoms with Crippen molar-refractivity contribution in [1.82, 2.24) is 0 Å². The van der Waals surface area contributed by atoms with E-state index < -0.39 is 17.6 Å². The number of alkyl halides is 3. The van der Waals surface area contributed by atoms with Crippen LogP contribution >= 0.6 is 0 Å². The van der Waals surface area contributed by atoms with E-state index in [1.54, 1.807) is 0 Å². The summed E-state index contributed by atoms with van der Waals surface area (Å²) in [5.41, 5.74) is -1.24. The minimum atomic E-state index is -4.68. The van der Waals surface area contributed by atoms with E-state index >= 15 is 0 Å². The molecule has 0 aliphatic heterocycles. The molecule has 0 saturated heterocycles. The van der Waals surface area contributed by atoms with Crippen molar-refractivity contribution in [3.8, 4) is 0 Å². The van der Waals surface area contributed by atoms with Crippen LogP contribution in [0.4, 0.5) is 17.6 Å². The minimum absolute atomic E-state index is 0.0514. The number of hydrogen-bond acceptors (Lipinski definition) is 1. The van der Waals surface area contributed by atoms with Crippen molar-refractivity contribution in [2.75, 3.05) is 0 Å². The molecule has 5 heteroatoms. The van der Waals surface area contributed by atoms with Gasteiger partial charge in [-0.3, -0.25) is 0 Å². The molecule has 1 heterocycles. The van der Waals surface area contributed by atoms with E-state index in [1.165, 1.54) is 0 Å². The Labute approximate surface area is 75.9 Å². The summed E-state index contributed by atoms with van der Waals surface area (Å²) in [6.07, 6.45) is -2.51. The summed E-state index contributed by atoms with van der Waals surface area (Å²) in [4.78, 5) is 0. The van der Waals surface area contributed by atoms with Gasteiger partial charge in [-0.15, -0.1) is 0 Å². The number of benzene rings is 1. The SMILES string of the molecule is Fc1c(C(F)(F)F)ccc2o[c]cc12. The molecule has 0 N–H and O–H groups in total. The zero-order chi connectivity index (χ0) is 10.3. The summed E-state index contributed by atoms with van der Waals surface area (Å²) in [6, 6.07) is 2.76. The zero-order valence-corrected chi connectivity index (χ0v) is 6.65. The van der Waals surface area contributed by atoms with Crippen molar-refractivity contribution in [3.05, 3.63) is 35.8 Å². The first-order valence-corrected chi connectivity index (χ1v) is 3.65. The lowest BCUT2D eigenvalue weighted by atomic mass is 10.1. The van der Waals surface area contributed by atoms with Crippen LogP contribution in [0.2, 0.25) is 0 Å². The summed E-state index contributed by atoms with van der Waals surface area (Å²) in [6.45, 7) is 0. The van der Waals surface area contributed by atoms with Crippen molar-refractivity contribution in [2.45, 2.75) is 6.18 Å². The Morgan fingerprint density at radius 1 is 1.21 bits per heavy atom. The number of halogens is 4. The lowest BCUT2D eigenvalue weighted by Crippen LogP contribution is -2.07. The molecule has 0 fully saturated rings. The lowest BCUT2D eigenvalue weighted by Gasteiger charge is -2.07. The van der Waals surface area contributed by atoms with Crippen molar-refractivity contribution in [3.63, 3.8) is 0 Å². The van der Waals surface area contributed by atoms with Gasteiger partial charge in [0, 0.05) is 0 Å². The Morgan fingerprint density at radius 2 is 1.93 bits per heavy atom. The van der Waals surface area contributed by atoms with Gasteiger partial charge in [0.15, 0.2) is 6.26 Å². The predicted molar refractivity (Wildman–Crippen MR) is 40.0 cm³/mol. The molecule has 2 aromatic rings. The van der Waals surface area contributed by atoms with Gasteiger partial charge in [0.05, 0.1) is 10.9 Å². The van der Waals surface area contributed by atoms with Crippen LogP contribution in [0.15, 0.2) is 22.6 Å². The third-order valence-electron chi connectivity index (χ3n) is 1.82. The smallest absolute Gasteiger partial charge is 0.419 e. The normalized spacial score (nSPS) is 12.3. The zero-order valence-electron chi connectivity index (χ0n) is 6.65. The molecule has 1 aromatic heterocycles. The number of hydrogen-bond donors (Lipinski definition) is 0. The summed E-state index contributed by atoms with van der Waals surface area (Å²) in [7, 11) is 0. The first kappa shape index (κ1) is 9.05. The largest absolute Gasteiger partial charge is 0.453 e. The average molecular weight is 203 g/mol. The number of fused-ring (bicyclic) bond motifs is 1. The van der Waals surface area contributed by atoms with E-state index in [0.29, 0.717) is 6.07 Å². The summed E-state index contributed by atoms with van der Waals surface area (Å²) in [5.74, 6) is -1.32. The molecule has 0 saturated carbocycles. The van der Waals surface area contributed by atoms with Gasteiger partial charge in [-0.2, -0.15) is 13.2 Å². The van der Waals surface area contributed by atoms with Gasteiger partial charge in [0.25, 0.3) is 0 Å². The van der Waals surface area contributed by atoms with E-state index in [-0.39, 0.29) is 11.0 Å². The Kier molecular flexibility index (Phi) is 1.77. The second-order valence-electron chi connectivity index (χ2n) is 2.70. The van der Waals surface area contributed by atoms with E-state index in [0.717, 1.165) is 12.1 Å². The number of rotatable bonds is 0.